The molecule has 5 heteroatoms. The number of nitrogens with one attached hydrogen (secondary N) is 2. The molecule has 2 aromatic carbocycles. The van der Waals surface area contributed by atoms with Gasteiger partial charge in [-0.25, -0.2) is 0 Å². The van der Waals surface area contributed by atoms with E-state index in [0.29, 0.717) is 36.0 Å². The summed E-state index contributed by atoms with van der Waals surface area (Å²) < 4.78 is 0. The third-order valence-electron chi connectivity index (χ3n) is 4.54. The molecule has 2 N–H and O–H groups in total. The number of benzene rings is 2. The van der Waals surface area contributed by atoms with Crippen LogP contribution in [0, 0.1) is 0 Å². The zero-order valence-electron chi connectivity index (χ0n) is 13.9. The van der Waals surface area contributed by atoms with Crippen molar-refractivity contribution < 1.29 is 9.59 Å². The molecule has 130 valence electrons. The van der Waals surface area contributed by atoms with Crippen molar-refractivity contribution in [2.75, 3.05) is 13.1 Å². The Labute approximate surface area is 152 Å². The number of carbonyl (C=O) groups is 2. The van der Waals surface area contributed by atoms with Crippen LogP contribution in [0.3, 0.4) is 0 Å². The monoisotopic (exact) mass is 356 g/mol. The van der Waals surface area contributed by atoms with Gasteiger partial charge in [0.15, 0.2) is 0 Å². The summed E-state index contributed by atoms with van der Waals surface area (Å²) in [5.74, 6) is 0.0900. The first kappa shape index (κ1) is 17.5. The molecular weight excluding hydrogens is 336 g/mol. The van der Waals surface area contributed by atoms with E-state index >= 15 is 0 Å². The molecule has 2 amide bonds. The quantitative estimate of drug-likeness (QED) is 0.780. The second-order valence-corrected chi connectivity index (χ2v) is 6.63. The fraction of sp³-hybridized carbons (Fsp3) is 0.300. The predicted octanol–water partition coefficient (Wildman–Crippen LogP) is 3.31. The molecule has 0 aliphatic heterocycles. The van der Waals surface area contributed by atoms with Crippen LogP contribution in [0.4, 0.5) is 0 Å². The largest absolute Gasteiger partial charge is 0.354 e. The van der Waals surface area contributed by atoms with Crippen LogP contribution >= 0.6 is 11.6 Å². The number of fused-ring (bicyclic) bond motifs is 1. The molecule has 0 bridgehead atoms. The first-order chi connectivity index (χ1) is 12.1. The van der Waals surface area contributed by atoms with Crippen LogP contribution in [0.15, 0.2) is 48.5 Å². The van der Waals surface area contributed by atoms with Gasteiger partial charge >= 0.3 is 0 Å². The molecular formula is C20H21ClN2O2. The van der Waals surface area contributed by atoms with Crippen LogP contribution in [-0.4, -0.2) is 24.9 Å². The average Bonchev–Trinajstić information content (AvgIpc) is 3.02. The standard InChI is InChI=1S/C20H21ClN2O2/c21-18-8-4-3-7-17(18)20(25)23-12-11-22-19(24)13-15-10-9-14-5-1-2-6-16(14)15/h1-8,15H,9-13H2,(H,22,24)(H,23,25)/t15-/m0/s1. The number of amides is 2. The van der Waals surface area contributed by atoms with Crippen molar-refractivity contribution in [3.05, 3.63) is 70.2 Å². The minimum atomic E-state index is -0.232. The maximum Gasteiger partial charge on any atom is 0.252 e. The van der Waals surface area contributed by atoms with Gasteiger partial charge in [-0.1, -0.05) is 48.0 Å². The van der Waals surface area contributed by atoms with Crippen LogP contribution in [0.5, 0.6) is 0 Å². The van der Waals surface area contributed by atoms with Gasteiger partial charge in [0, 0.05) is 19.5 Å². The van der Waals surface area contributed by atoms with Crippen LogP contribution in [0.2, 0.25) is 5.02 Å². The number of aryl methyl sites for hydroxylation is 1. The van der Waals surface area contributed by atoms with Gasteiger partial charge in [-0.3, -0.25) is 9.59 Å². The van der Waals surface area contributed by atoms with E-state index in [2.05, 4.69) is 22.8 Å². The van der Waals surface area contributed by atoms with Crippen LogP contribution in [0.1, 0.15) is 40.2 Å². The van der Waals surface area contributed by atoms with Crippen molar-refractivity contribution in [3.8, 4) is 0 Å². The van der Waals surface area contributed by atoms with Crippen LogP contribution in [0.25, 0.3) is 0 Å². The summed E-state index contributed by atoms with van der Waals surface area (Å²) in [4.78, 5) is 24.2. The summed E-state index contributed by atoms with van der Waals surface area (Å²) in [5, 5.41) is 6.06. The summed E-state index contributed by atoms with van der Waals surface area (Å²) in [6, 6.07) is 15.2. The third-order valence-corrected chi connectivity index (χ3v) is 4.87. The van der Waals surface area contributed by atoms with Gasteiger partial charge < -0.3 is 10.6 Å². The Hall–Kier alpha value is -2.33. The number of carbonyl (C=O) groups excluding carboxylic acids is 2. The van der Waals surface area contributed by atoms with Crippen LogP contribution < -0.4 is 10.6 Å². The molecule has 0 saturated heterocycles. The van der Waals surface area contributed by atoms with Gasteiger partial charge in [-0.2, -0.15) is 0 Å². The van der Waals surface area contributed by atoms with Gasteiger partial charge in [-0.05, 0) is 42.0 Å². The van der Waals surface area contributed by atoms with Crippen molar-refractivity contribution in [1.82, 2.24) is 10.6 Å². The zero-order chi connectivity index (χ0) is 17.6. The first-order valence-electron chi connectivity index (χ1n) is 8.52. The fourth-order valence-corrected chi connectivity index (χ4v) is 3.49. The van der Waals surface area contributed by atoms with E-state index in [-0.39, 0.29) is 11.8 Å². The third kappa shape index (κ3) is 4.40. The molecule has 1 atom stereocenters. The summed E-state index contributed by atoms with van der Waals surface area (Å²) in [6.45, 7) is 0.778. The molecule has 4 nitrogen and oxygen atoms in total. The van der Waals surface area contributed by atoms with Gasteiger partial charge in [-0.15, -0.1) is 0 Å². The Bertz CT molecular complexity index is 776. The topological polar surface area (TPSA) is 58.2 Å². The van der Waals surface area contributed by atoms with E-state index in [1.165, 1.54) is 11.1 Å². The molecule has 0 fully saturated rings. The lowest BCUT2D eigenvalue weighted by Crippen LogP contribution is -2.35. The fourth-order valence-electron chi connectivity index (χ4n) is 3.27. The molecule has 1 aliphatic rings. The number of rotatable bonds is 6. The number of halogens is 1. The molecule has 0 aromatic heterocycles. The molecule has 0 radical (unpaired) electrons. The molecule has 1 aliphatic carbocycles. The van der Waals surface area contributed by atoms with E-state index in [9.17, 15) is 9.59 Å². The molecule has 0 spiro atoms. The Morgan fingerprint density at radius 3 is 2.56 bits per heavy atom. The lowest BCUT2D eigenvalue weighted by Gasteiger charge is -2.12. The van der Waals surface area contributed by atoms with E-state index in [0.717, 1.165) is 12.8 Å². The van der Waals surface area contributed by atoms with Crippen molar-refractivity contribution in [2.24, 2.45) is 0 Å². The molecule has 2 aromatic rings. The highest BCUT2D eigenvalue weighted by molar-refractivity contribution is 6.33. The minimum absolute atomic E-state index is 0.0219. The highest BCUT2D eigenvalue weighted by Gasteiger charge is 2.23. The maximum absolute atomic E-state index is 12.1. The van der Waals surface area contributed by atoms with Gasteiger partial charge in [0.2, 0.25) is 5.91 Å². The van der Waals surface area contributed by atoms with Crippen molar-refractivity contribution in [2.45, 2.75) is 25.2 Å². The summed E-state index contributed by atoms with van der Waals surface area (Å²) >= 11 is 5.99. The summed E-state index contributed by atoms with van der Waals surface area (Å²) in [6.07, 6.45) is 2.56. The second-order valence-electron chi connectivity index (χ2n) is 6.22. The number of hydrogen-bond acceptors (Lipinski definition) is 2. The molecule has 0 saturated carbocycles. The van der Waals surface area contributed by atoms with Gasteiger partial charge in [0.1, 0.15) is 0 Å². The Kier molecular flexibility index (Phi) is 5.71. The van der Waals surface area contributed by atoms with Gasteiger partial charge in [0.25, 0.3) is 5.91 Å². The van der Waals surface area contributed by atoms with Gasteiger partial charge in [0.05, 0.1) is 10.6 Å². The Morgan fingerprint density at radius 2 is 1.72 bits per heavy atom. The maximum atomic E-state index is 12.1. The van der Waals surface area contributed by atoms with Crippen molar-refractivity contribution >= 4 is 23.4 Å². The van der Waals surface area contributed by atoms with E-state index < -0.39 is 0 Å². The molecule has 0 heterocycles. The first-order valence-corrected chi connectivity index (χ1v) is 8.90. The highest BCUT2D eigenvalue weighted by atomic mass is 35.5. The zero-order valence-corrected chi connectivity index (χ0v) is 14.7. The summed E-state index contributed by atoms with van der Waals surface area (Å²) in [7, 11) is 0. The smallest absolute Gasteiger partial charge is 0.252 e. The molecule has 25 heavy (non-hydrogen) atoms. The van der Waals surface area contributed by atoms with Crippen molar-refractivity contribution in [1.29, 1.82) is 0 Å². The van der Waals surface area contributed by atoms with E-state index in [1.807, 2.05) is 12.1 Å². The second kappa shape index (κ2) is 8.17. The summed E-state index contributed by atoms with van der Waals surface area (Å²) in [5.41, 5.74) is 3.09. The molecule has 0 unspecified atom stereocenters. The lowest BCUT2D eigenvalue weighted by molar-refractivity contribution is -0.121. The average molecular weight is 357 g/mol. The van der Waals surface area contributed by atoms with Crippen LogP contribution in [-0.2, 0) is 11.2 Å². The lowest BCUT2D eigenvalue weighted by atomic mass is 9.97. The van der Waals surface area contributed by atoms with E-state index in [4.69, 9.17) is 11.6 Å². The Balaban J connectivity index is 1.40. The SMILES string of the molecule is O=C(C[C@@H]1CCc2ccccc21)NCCNC(=O)c1ccccc1Cl. The van der Waals surface area contributed by atoms with E-state index in [1.54, 1.807) is 24.3 Å². The number of hydrogen-bond donors (Lipinski definition) is 2. The Morgan fingerprint density at radius 1 is 1.00 bits per heavy atom. The van der Waals surface area contributed by atoms with Crippen molar-refractivity contribution in [3.63, 3.8) is 0 Å². The highest BCUT2D eigenvalue weighted by Crippen LogP contribution is 2.34. The molecule has 3 rings (SSSR count). The normalized spacial score (nSPS) is 15.5. The minimum Gasteiger partial charge on any atom is -0.354 e. The predicted molar refractivity (Wildman–Crippen MR) is 98.9 cm³/mol.